The molecule has 4 rings (SSSR count). The highest BCUT2D eigenvalue weighted by Gasteiger charge is 2.38. The standard InChI is InChI=1S/C30H39F4N3O4S/c1-3-42(39,40)27-10-4-21(5-11-27)17-35-28(38)23-6-8-24(9-7-23)37-19-25(16-26(37)20-41-29(31)32)36(2)18-22-12-14-30(33,34)15-13-22/h4-11,22,25-26,29H,3,12-20H2,1-2H3,(H,35,38)/t25-,26+/m1/s1. The van der Waals surface area contributed by atoms with Gasteiger partial charge < -0.3 is 19.9 Å². The van der Waals surface area contributed by atoms with Crippen molar-refractivity contribution in [1.82, 2.24) is 10.2 Å². The molecule has 232 valence electrons. The second-order valence-electron chi connectivity index (χ2n) is 11.3. The first kappa shape index (κ1) is 32.2. The molecule has 2 aliphatic rings. The molecule has 1 amide bonds. The topological polar surface area (TPSA) is 79.0 Å². The first-order chi connectivity index (χ1) is 19.9. The van der Waals surface area contributed by atoms with E-state index >= 15 is 0 Å². The van der Waals surface area contributed by atoms with Gasteiger partial charge in [-0.05, 0) is 74.2 Å². The summed E-state index contributed by atoms with van der Waals surface area (Å²) in [6, 6.07) is 13.0. The Morgan fingerprint density at radius 1 is 1.10 bits per heavy atom. The van der Waals surface area contributed by atoms with E-state index in [-0.39, 0.29) is 60.6 Å². The maximum absolute atomic E-state index is 13.6. The van der Waals surface area contributed by atoms with Gasteiger partial charge in [-0.25, -0.2) is 17.2 Å². The van der Waals surface area contributed by atoms with Crippen LogP contribution in [0.3, 0.4) is 0 Å². The number of likely N-dealkylation sites (N-methyl/N-ethyl adjacent to an activating group) is 1. The van der Waals surface area contributed by atoms with Crippen LogP contribution in [0.2, 0.25) is 0 Å². The van der Waals surface area contributed by atoms with Gasteiger partial charge in [0, 0.05) is 49.8 Å². The van der Waals surface area contributed by atoms with Crippen LogP contribution < -0.4 is 10.2 Å². The molecule has 0 bridgehead atoms. The largest absolute Gasteiger partial charge is 0.365 e. The number of carbonyl (C=O) groups is 1. The van der Waals surface area contributed by atoms with Crippen LogP contribution >= 0.6 is 0 Å². The van der Waals surface area contributed by atoms with Crippen LogP contribution in [0.25, 0.3) is 0 Å². The third-order valence-electron chi connectivity index (χ3n) is 8.39. The monoisotopic (exact) mass is 613 g/mol. The van der Waals surface area contributed by atoms with E-state index in [1.54, 1.807) is 43.3 Å². The minimum Gasteiger partial charge on any atom is -0.365 e. The molecule has 2 aromatic rings. The molecule has 0 spiro atoms. The normalized spacial score (nSPS) is 21.3. The van der Waals surface area contributed by atoms with Crippen LogP contribution in [0.1, 0.15) is 54.9 Å². The van der Waals surface area contributed by atoms with Crippen LogP contribution in [0.4, 0.5) is 23.2 Å². The van der Waals surface area contributed by atoms with Crippen molar-refractivity contribution in [2.24, 2.45) is 5.92 Å². The molecular formula is C30H39F4N3O4S. The first-order valence-electron chi connectivity index (χ1n) is 14.3. The summed E-state index contributed by atoms with van der Waals surface area (Å²) in [7, 11) is -1.34. The third kappa shape index (κ3) is 8.44. The lowest BCUT2D eigenvalue weighted by atomic mass is 9.86. The lowest BCUT2D eigenvalue weighted by molar-refractivity contribution is -0.131. The number of sulfone groups is 1. The number of benzene rings is 2. The Morgan fingerprint density at radius 2 is 1.74 bits per heavy atom. The highest BCUT2D eigenvalue weighted by Crippen LogP contribution is 2.37. The molecule has 2 aromatic carbocycles. The number of hydrogen-bond donors (Lipinski definition) is 1. The maximum atomic E-state index is 13.6. The molecule has 1 aliphatic heterocycles. The summed E-state index contributed by atoms with van der Waals surface area (Å²) in [5.74, 6) is -2.69. The molecule has 1 heterocycles. The third-order valence-corrected chi connectivity index (χ3v) is 10.1. The number of hydrogen-bond acceptors (Lipinski definition) is 6. The molecule has 1 aliphatic carbocycles. The van der Waals surface area contributed by atoms with E-state index in [4.69, 9.17) is 0 Å². The summed E-state index contributed by atoms with van der Waals surface area (Å²) in [6.45, 7) is 0.0000378. The number of alkyl halides is 4. The quantitative estimate of drug-likeness (QED) is 0.325. The van der Waals surface area contributed by atoms with Crippen molar-refractivity contribution >= 4 is 21.4 Å². The van der Waals surface area contributed by atoms with Crippen molar-refractivity contribution in [3.05, 3.63) is 59.7 Å². The summed E-state index contributed by atoms with van der Waals surface area (Å²) in [4.78, 5) is 17.2. The molecule has 2 atom stereocenters. The smallest absolute Gasteiger partial charge is 0.345 e. The zero-order valence-electron chi connectivity index (χ0n) is 23.9. The van der Waals surface area contributed by atoms with Crippen molar-refractivity contribution < 1.29 is 35.5 Å². The van der Waals surface area contributed by atoms with E-state index in [2.05, 4.69) is 15.0 Å². The van der Waals surface area contributed by atoms with Gasteiger partial charge in [-0.1, -0.05) is 19.1 Å². The predicted molar refractivity (Wildman–Crippen MR) is 153 cm³/mol. The highest BCUT2D eigenvalue weighted by atomic mass is 32.2. The van der Waals surface area contributed by atoms with Crippen molar-refractivity contribution in [2.45, 2.75) is 75.1 Å². The maximum Gasteiger partial charge on any atom is 0.345 e. The van der Waals surface area contributed by atoms with E-state index in [0.29, 0.717) is 37.9 Å². The van der Waals surface area contributed by atoms with Crippen LogP contribution in [0.5, 0.6) is 0 Å². The molecule has 1 saturated heterocycles. The Kier molecular flexibility index (Phi) is 10.5. The second kappa shape index (κ2) is 13.7. The van der Waals surface area contributed by atoms with Gasteiger partial charge in [0.1, 0.15) is 0 Å². The first-order valence-corrected chi connectivity index (χ1v) is 16.0. The lowest BCUT2D eigenvalue weighted by Crippen LogP contribution is -2.39. The fourth-order valence-electron chi connectivity index (χ4n) is 5.78. The summed E-state index contributed by atoms with van der Waals surface area (Å²) < 4.78 is 81.6. The number of carbonyl (C=O) groups excluding carboxylic acids is 1. The van der Waals surface area contributed by atoms with Gasteiger partial charge in [-0.2, -0.15) is 8.78 Å². The zero-order valence-corrected chi connectivity index (χ0v) is 24.8. The number of anilines is 1. The molecule has 0 unspecified atom stereocenters. The average molecular weight is 614 g/mol. The van der Waals surface area contributed by atoms with Crippen LogP contribution in [0, 0.1) is 5.92 Å². The lowest BCUT2D eigenvalue weighted by Gasteiger charge is -2.33. The molecule has 0 radical (unpaired) electrons. The van der Waals surface area contributed by atoms with E-state index in [9.17, 15) is 30.8 Å². The van der Waals surface area contributed by atoms with E-state index < -0.39 is 22.4 Å². The van der Waals surface area contributed by atoms with Gasteiger partial charge in [-0.15, -0.1) is 0 Å². The van der Waals surface area contributed by atoms with Gasteiger partial charge in [0.05, 0.1) is 23.3 Å². The van der Waals surface area contributed by atoms with Crippen molar-refractivity contribution in [3.63, 3.8) is 0 Å². The van der Waals surface area contributed by atoms with Crippen LogP contribution in [-0.2, 0) is 21.1 Å². The molecule has 2 fully saturated rings. The number of ether oxygens (including phenoxy) is 1. The molecule has 0 aromatic heterocycles. The summed E-state index contributed by atoms with van der Waals surface area (Å²) in [5, 5.41) is 2.82. The molecule has 12 heteroatoms. The van der Waals surface area contributed by atoms with Crippen LogP contribution in [0.15, 0.2) is 53.4 Å². The molecular weight excluding hydrogens is 574 g/mol. The molecule has 42 heavy (non-hydrogen) atoms. The number of rotatable bonds is 12. The minimum atomic E-state index is -3.30. The number of nitrogens with one attached hydrogen (secondary N) is 1. The SMILES string of the molecule is CCS(=O)(=O)c1ccc(CNC(=O)c2ccc(N3C[C@H](N(C)CC4CCC(F)(F)CC4)C[C@H]3COC(F)F)cc2)cc1. The van der Waals surface area contributed by atoms with Gasteiger partial charge in [0.2, 0.25) is 5.92 Å². The molecule has 7 nitrogen and oxygen atoms in total. The summed E-state index contributed by atoms with van der Waals surface area (Å²) in [5.41, 5.74) is 1.95. The second-order valence-corrected chi connectivity index (χ2v) is 13.6. The summed E-state index contributed by atoms with van der Waals surface area (Å²) in [6.07, 6.45) is 1.35. The van der Waals surface area contributed by atoms with Crippen molar-refractivity contribution in [3.8, 4) is 0 Å². The molecule has 1 N–H and O–H groups in total. The predicted octanol–water partition coefficient (Wildman–Crippen LogP) is 5.35. The molecule has 1 saturated carbocycles. The zero-order chi connectivity index (χ0) is 30.5. The Morgan fingerprint density at radius 3 is 2.33 bits per heavy atom. The van der Waals surface area contributed by atoms with Crippen molar-refractivity contribution in [2.75, 3.05) is 37.4 Å². The van der Waals surface area contributed by atoms with E-state index in [0.717, 1.165) is 11.3 Å². The van der Waals surface area contributed by atoms with Gasteiger partial charge in [0.15, 0.2) is 9.84 Å². The number of halogens is 4. The van der Waals surface area contributed by atoms with E-state index in [1.807, 2.05) is 11.9 Å². The number of amides is 1. The summed E-state index contributed by atoms with van der Waals surface area (Å²) >= 11 is 0. The van der Waals surface area contributed by atoms with Gasteiger partial charge in [0.25, 0.3) is 5.91 Å². The fraction of sp³-hybridized carbons (Fsp3) is 0.567. The Balaban J connectivity index is 1.36. The van der Waals surface area contributed by atoms with Gasteiger partial charge in [-0.3, -0.25) is 4.79 Å². The van der Waals surface area contributed by atoms with Crippen molar-refractivity contribution in [1.29, 1.82) is 0 Å². The van der Waals surface area contributed by atoms with Gasteiger partial charge >= 0.3 is 6.61 Å². The number of nitrogens with zero attached hydrogens (tertiary/aromatic N) is 2. The van der Waals surface area contributed by atoms with Crippen LogP contribution in [-0.4, -0.2) is 76.3 Å². The Hall–Kier alpha value is -2.70. The minimum absolute atomic E-state index is 0.0120. The fourth-order valence-corrected chi connectivity index (χ4v) is 6.66. The van der Waals surface area contributed by atoms with E-state index in [1.165, 1.54) is 12.1 Å². The average Bonchev–Trinajstić information content (AvgIpc) is 3.41. The highest BCUT2D eigenvalue weighted by molar-refractivity contribution is 7.91. The Bertz CT molecular complexity index is 1280. The Labute approximate surface area is 245 Å².